The molecule has 0 fully saturated rings. The van der Waals surface area contributed by atoms with E-state index in [1.807, 2.05) is 79.1 Å². The molecular weight excluding hydrogens is 446 g/mol. The minimum atomic E-state index is -0.371. The monoisotopic (exact) mass is 469 g/mol. The van der Waals surface area contributed by atoms with Crippen LogP contribution in [0.25, 0.3) is 28.0 Å². The van der Waals surface area contributed by atoms with Crippen molar-refractivity contribution in [2.45, 2.75) is 24.3 Å². The van der Waals surface area contributed by atoms with E-state index in [2.05, 4.69) is 20.2 Å². The molecule has 0 aliphatic rings. The Kier molecular flexibility index (Phi) is 5.90. The highest BCUT2D eigenvalue weighted by molar-refractivity contribution is 8.00. The van der Waals surface area contributed by atoms with Crippen LogP contribution in [0, 0.1) is 6.92 Å². The van der Waals surface area contributed by atoms with Crippen molar-refractivity contribution in [2.75, 3.05) is 7.11 Å². The van der Waals surface area contributed by atoms with Gasteiger partial charge in [-0.25, -0.2) is 0 Å². The quantitative estimate of drug-likeness (QED) is 0.251. The van der Waals surface area contributed by atoms with Crippen molar-refractivity contribution >= 4 is 28.4 Å². The van der Waals surface area contributed by atoms with Gasteiger partial charge in [-0.05, 0) is 56.3 Å². The Morgan fingerprint density at radius 2 is 1.76 bits per heavy atom. The Labute approximate surface area is 201 Å². The van der Waals surface area contributed by atoms with E-state index in [9.17, 15) is 4.79 Å². The number of methoxy groups -OCH3 is 1. The van der Waals surface area contributed by atoms with Gasteiger partial charge in [0.2, 0.25) is 0 Å². The van der Waals surface area contributed by atoms with Crippen molar-refractivity contribution in [2.24, 2.45) is 0 Å². The number of nitrogens with one attached hydrogen (secondary N) is 1. The zero-order valence-corrected chi connectivity index (χ0v) is 19.8. The fourth-order valence-electron chi connectivity index (χ4n) is 4.01. The smallest absolute Gasteiger partial charge is 0.196 e. The van der Waals surface area contributed by atoms with Crippen LogP contribution in [0.2, 0.25) is 0 Å². The highest BCUT2D eigenvalue weighted by Crippen LogP contribution is 2.33. The Hall–Kier alpha value is -3.91. The van der Waals surface area contributed by atoms with Crippen LogP contribution in [0.5, 0.6) is 5.75 Å². The second-order valence-electron chi connectivity index (χ2n) is 7.87. The number of aromatic amines is 1. The molecule has 1 atom stereocenters. The summed E-state index contributed by atoms with van der Waals surface area (Å²) < 4.78 is 7.28. The minimum Gasteiger partial charge on any atom is -0.497 e. The van der Waals surface area contributed by atoms with Crippen molar-refractivity contribution in [3.63, 3.8) is 0 Å². The van der Waals surface area contributed by atoms with Crippen LogP contribution in [0.15, 0.2) is 78.2 Å². The number of carbonyl (C=O) groups excluding carboxylic acids is 1. The Bertz CT molecular complexity index is 1460. The van der Waals surface area contributed by atoms with Crippen LogP contribution in [-0.4, -0.2) is 42.9 Å². The van der Waals surface area contributed by atoms with Gasteiger partial charge in [0.1, 0.15) is 5.75 Å². The zero-order valence-electron chi connectivity index (χ0n) is 19.0. The third kappa shape index (κ3) is 3.97. The molecule has 8 heteroatoms. The maximum atomic E-state index is 13.5. The first kappa shape index (κ1) is 21.9. The van der Waals surface area contributed by atoms with Crippen molar-refractivity contribution in [3.8, 4) is 22.8 Å². The molecule has 2 aromatic carbocycles. The van der Waals surface area contributed by atoms with Crippen LogP contribution in [0.3, 0.4) is 0 Å². The molecule has 7 nitrogen and oxygen atoms in total. The fourth-order valence-corrected chi connectivity index (χ4v) is 4.93. The lowest BCUT2D eigenvalue weighted by Gasteiger charge is -2.14. The molecule has 0 radical (unpaired) electrons. The number of aromatic nitrogens is 5. The van der Waals surface area contributed by atoms with Gasteiger partial charge >= 0.3 is 0 Å². The number of fused-ring (bicyclic) bond motifs is 1. The number of hydrogen-bond donors (Lipinski definition) is 1. The van der Waals surface area contributed by atoms with Gasteiger partial charge in [-0.3, -0.25) is 14.3 Å². The summed E-state index contributed by atoms with van der Waals surface area (Å²) in [6.07, 6.45) is 3.45. The molecule has 0 amide bonds. The number of thioether (sulfide) groups is 1. The molecule has 0 saturated carbocycles. The number of hydrogen-bond acceptors (Lipinski definition) is 6. The molecule has 0 aliphatic carbocycles. The lowest BCUT2D eigenvalue weighted by atomic mass is 10.1. The van der Waals surface area contributed by atoms with Crippen LogP contribution in [0.4, 0.5) is 0 Å². The first-order chi connectivity index (χ1) is 16.6. The van der Waals surface area contributed by atoms with E-state index < -0.39 is 0 Å². The molecule has 5 aromatic rings. The first-order valence-corrected chi connectivity index (χ1v) is 11.7. The van der Waals surface area contributed by atoms with Crippen LogP contribution in [0.1, 0.15) is 23.0 Å². The zero-order chi connectivity index (χ0) is 23.7. The summed E-state index contributed by atoms with van der Waals surface area (Å²) in [6, 6.07) is 19.3. The Morgan fingerprint density at radius 3 is 2.50 bits per heavy atom. The van der Waals surface area contributed by atoms with Gasteiger partial charge in [0.05, 0.1) is 12.4 Å². The van der Waals surface area contributed by atoms with Crippen LogP contribution >= 0.6 is 11.8 Å². The highest BCUT2D eigenvalue weighted by atomic mass is 32.2. The number of aryl methyl sites for hydroxylation is 1. The van der Waals surface area contributed by atoms with E-state index in [4.69, 9.17) is 4.74 Å². The van der Waals surface area contributed by atoms with Crippen molar-refractivity contribution < 1.29 is 9.53 Å². The van der Waals surface area contributed by atoms with E-state index in [-0.39, 0.29) is 11.0 Å². The lowest BCUT2D eigenvalue weighted by molar-refractivity contribution is 0.0995. The van der Waals surface area contributed by atoms with E-state index in [1.54, 1.807) is 19.5 Å². The number of ether oxygens (including phenoxy) is 1. The Morgan fingerprint density at radius 1 is 1.03 bits per heavy atom. The van der Waals surface area contributed by atoms with Gasteiger partial charge in [0.25, 0.3) is 0 Å². The second-order valence-corrected chi connectivity index (χ2v) is 9.18. The molecule has 1 N–H and O–H groups in total. The number of H-pyrrole nitrogens is 1. The van der Waals surface area contributed by atoms with Crippen molar-refractivity contribution in [1.29, 1.82) is 0 Å². The van der Waals surface area contributed by atoms with Gasteiger partial charge in [-0.1, -0.05) is 30.0 Å². The third-order valence-corrected chi connectivity index (χ3v) is 6.74. The molecule has 0 bridgehead atoms. The number of nitrogens with zero attached hydrogens (tertiary/aromatic N) is 4. The molecule has 5 rings (SSSR count). The molecule has 0 saturated heterocycles. The summed E-state index contributed by atoms with van der Waals surface area (Å²) in [7, 11) is 1.64. The minimum absolute atomic E-state index is 0.0506. The molecule has 0 aliphatic heterocycles. The number of rotatable bonds is 7. The average molecular weight is 470 g/mol. The molecule has 3 heterocycles. The number of Topliss-reactive ketones (excluding diaryl/α,β-unsaturated/α-hetero) is 1. The molecule has 1 unspecified atom stereocenters. The molecule has 3 aromatic heterocycles. The SMILES string of the molecule is COc1ccc(-n2c(SC(C)C(=O)c3c(C)[nH]c4ccccc34)nnc2-c2ccncc2)cc1. The Balaban J connectivity index is 1.53. The maximum absolute atomic E-state index is 13.5. The predicted molar refractivity (Wildman–Crippen MR) is 134 cm³/mol. The largest absolute Gasteiger partial charge is 0.497 e. The second kappa shape index (κ2) is 9.15. The van der Waals surface area contributed by atoms with Crippen molar-refractivity contribution in [1.82, 2.24) is 24.7 Å². The third-order valence-electron chi connectivity index (χ3n) is 5.69. The number of carbonyl (C=O) groups is 1. The summed E-state index contributed by atoms with van der Waals surface area (Å²) in [4.78, 5) is 21.0. The summed E-state index contributed by atoms with van der Waals surface area (Å²) in [5.74, 6) is 1.49. The van der Waals surface area contributed by atoms with E-state index in [0.29, 0.717) is 11.0 Å². The molecule has 0 spiro atoms. The van der Waals surface area contributed by atoms with Gasteiger partial charge in [-0.15, -0.1) is 10.2 Å². The number of pyridine rings is 1. The molecular formula is C26H23N5O2S. The standard InChI is InChI=1S/C26H23N5O2S/c1-16-23(21-6-4-5-7-22(21)28-16)24(32)17(2)34-26-30-29-25(18-12-14-27-15-13-18)31(26)19-8-10-20(33-3)11-9-19/h4-15,17,28H,1-3H3. The summed E-state index contributed by atoms with van der Waals surface area (Å²) >= 11 is 1.39. The summed E-state index contributed by atoms with van der Waals surface area (Å²) in [5, 5.41) is 10.1. The van der Waals surface area contributed by atoms with Gasteiger partial charge in [0.15, 0.2) is 16.8 Å². The number of para-hydroxylation sites is 1. The summed E-state index contributed by atoms with van der Waals surface area (Å²) in [5.41, 5.74) is 4.31. The first-order valence-electron chi connectivity index (χ1n) is 10.8. The molecule has 34 heavy (non-hydrogen) atoms. The normalized spacial score (nSPS) is 12.1. The maximum Gasteiger partial charge on any atom is 0.196 e. The van der Waals surface area contributed by atoms with Crippen LogP contribution < -0.4 is 4.74 Å². The fraction of sp³-hybridized carbons (Fsp3) is 0.154. The van der Waals surface area contributed by atoms with Crippen LogP contribution in [-0.2, 0) is 0 Å². The average Bonchev–Trinajstić information content (AvgIpc) is 3.44. The highest BCUT2D eigenvalue weighted by Gasteiger charge is 2.25. The van der Waals surface area contributed by atoms with E-state index in [1.165, 1.54) is 11.8 Å². The van der Waals surface area contributed by atoms with E-state index in [0.717, 1.165) is 39.2 Å². The van der Waals surface area contributed by atoms with Crippen molar-refractivity contribution in [3.05, 3.63) is 84.3 Å². The van der Waals surface area contributed by atoms with Gasteiger partial charge in [0, 0.05) is 45.8 Å². The number of benzene rings is 2. The molecule has 170 valence electrons. The van der Waals surface area contributed by atoms with E-state index >= 15 is 0 Å². The summed E-state index contributed by atoms with van der Waals surface area (Å²) in [6.45, 7) is 3.85. The van der Waals surface area contributed by atoms with Gasteiger partial charge in [-0.2, -0.15) is 0 Å². The topological polar surface area (TPSA) is 85.7 Å². The number of ketones is 1. The van der Waals surface area contributed by atoms with Gasteiger partial charge < -0.3 is 9.72 Å². The lowest BCUT2D eigenvalue weighted by Crippen LogP contribution is -2.15. The predicted octanol–water partition coefficient (Wildman–Crippen LogP) is 5.49.